The molecule has 7 rings (SSSR count). The second-order valence-electron chi connectivity index (χ2n) is 9.92. The summed E-state index contributed by atoms with van der Waals surface area (Å²) in [6, 6.07) is 18.2. The predicted octanol–water partition coefficient (Wildman–Crippen LogP) is 3.47. The van der Waals surface area contributed by atoms with Crippen molar-refractivity contribution in [1.29, 1.82) is 0 Å². The Morgan fingerprint density at radius 1 is 0.825 bits per heavy atom. The Hall–Kier alpha value is -4.39. The van der Waals surface area contributed by atoms with Gasteiger partial charge >= 0.3 is 6.03 Å². The number of amides is 3. The van der Waals surface area contributed by atoms with Crippen LogP contribution in [0.25, 0.3) is 11.2 Å². The number of carbonyl (C=O) groups is 2. The maximum absolute atomic E-state index is 13.5. The first kappa shape index (κ1) is 24.6. The zero-order valence-electron chi connectivity index (χ0n) is 21.4. The largest absolute Gasteiger partial charge is 0.340 e. The molecule has 2 aromatic heterocycles. The minimum absolute atomic E-state index is 0.105. The summed E-state index contributed by atoms with van der Waals surface area (Å²) >= 11 is 0. The molecule has 2 aromatic carbocycles. The van der Waals surface area contributed by atoms with Gasteiger partial charge < -0.3 is 24.4 Å². The van der Waals surface area contributed by atoms with Crippen LogP contribution in [-0.2, 0) is 19.0 Å². The first-order valence-corrected chi connectivity index (χ1v) is 13.3. The average Bonchev–Trinajstić information content (AvgIpc) is 3.78. The average molecular weight is 542 g/mol. The Labute approximate surface area is 229 Å². The summed E-state index contributed by atoms with van der Waals surface area (Å²) in [7, 11) is 0. The zero-order valence-corrected chi connectivity index (χ0v) is 21.4. The first-order chi connectivity index (χ1) is 19.7. The van der Waals surface area contributed by atoms with Crippen molar-refractivity contribution in [3.05, 3.63) is 78.9 Å². The highest BCUT2D eigenvalue weighted by Crippen LogP contribution is 2.45. The Bertz CT molecular complexity index is 1530. The number of hydrogen-bond donors (Lipinski definition) is 2. The fourth-order valence-corrected chi connectivity index (χ4v) is 5.48. The summed E-state index contributed by atoms with van der Waals surface area (Å²) in [5, 5.41) is 5.51. The van der Waals surface area contributed by atoms with Gasteiger partial charge in [-0.3, -0.25) is 14.7 Å². The number of likely N-dealkylation sites (tertiary alicyclic amines) is 1. The zero-order chi connectivity index (χ0) is 27.1. The monoisotopic (exact) mass is 541 g/mol. The number of para-hydroxylation sites is 1. The van der Waals surface area contributed by atoms with Gasteiger partial charge in [0.05, 0.1) is 6.33 Å². The molecule has 5 unspecified atom stereocenters. The van der Waals surface area contributed by atoms with Crippen molar-refractivity contribution >= 4 is 34.6 Å². The molecule has 0 saturated carbocycles. The minimum atomic E-state index is -0.838. The number of ether oxygens (including phenoxy) is 3. The number of carbonyl (C=O) groups excluding carboxylic acids is 2. The number of fused-ring (bicyclic) bond motifs is 2. The van der Waals surface area contributed by atoms with Crippen molar-refractivity contribution in [2.75, 3.05) is 23.7 Å². The van der Waals surface area contributed by atoms with Crippen LogP contribution in [0.4, 0.5) is 16.3 Å². The van der Waals surface area contributed by atoms with E-state index in [9.17, 15) is 9.59 Å². The van der Waals surface area contributed by atoms with Gasteiger partial charge in [0.25, 0.3) is 5.91 Å². The lowest BCUT2D eigenvalue weighted by Gasteiger charge is -2.24. The number of nitrogens with zero attached hydrogens (tertiary/aromatic N) is 5. The third-order valence-corrected chi connectivity index (χ3v) is 7.38. The van der Waals surface area contributed by atoms with Crippen molar-refractivity contribution in [3.63, 3.8) is 0 Å². The normalized spacial score (nSPS) is 25.7. The maximum atomic E-state index is 13.5. The van der Waals surface area contributed by atoms with Crippen LogP contribution in [0.15, 0.2) is 73.3 Å². The molecule has 5 heterocycles. The van der Waals surface area contributed by atoms with E-state index in [1.165, 1.54) is 6.33 Å². The van der Waals surface area contributed by atoms with Crippen LogP contribution in [0.3, 0.4) is 0 Å². The summed E-state index contributed by atoms with van der Waals surface area (Å²) in [6.45, 7) is 1.40. The van der Waals surface area contributed by atoms with Gasteiger partial charge in [-0.25, -0.2) is 19.7 Å². The highest BCUT2D eigenvalue weighted by atomic mass is 16.8. The number of anilines is 2. The number of urea groups is 1. The molecule has 3 aliphatic heterocycles. The van der Waals surface area contributed by atoms with Gasteiger partial charge in [0.2, 0.25) is 0 Å². The Balaban J connectivity index is 1.18. The maximum Gasteiger partial charge on any atom is 0.324 e. The molecule has 3 saturated heterocycles. The molecule has 3 aliphatic rings. The molecule has 12 nitrogen and oxygen atoms in total. The highest BCUT2D eigenvalue weighted by Gasteiger charge is 2.57. The van der Waals surface area contributed by atoms with Gasteiger partial charge in [-0.05, 0) is 25.0 Å². The summed E-state index contributed by atoms with van der Waals surface area (Å²) < 4.78 is 20.8. The quantitative estimate of drug-likeness (QED) is 0.393. The third kappa shape index (κ3) is 4.45. The highest BCUT2D eigenvalue weighted by molar-refractivity contribution is 6.02. The summed E-state index contributed by atoms with van der Waals surface area (Å²) in [4.78, 5) is 41.1. The topological polar surface area (TPSA) is 133 Å². The van der Waals surface area contributed by atoms with Crippen LogP contribution < -0.4 is 10.6 Å². The second kappa shape index (κ2) is 10.3. The van der Waals surface area contributed by atoms with Crippen molar-refractivity contribution in [2.24, 2.45) is 0 Å². The van der Waals surface area contributed by atoms with Gasteiger partial charge in [-0.1, -0.05) is 48.5 Å². The van der Waals surface area contributed by atoms with E-state index in [1.807, 2.05) is 53.4 Å². The molecule has 3 amide bonds. The molecule has 4 aromatic rings. The molecular formula is C28H27N7O5. The molecule has 2 N–H and O–H groups in total. The van der Waals surface area contributed by atoms with Gasteiger partial charge in [0.15, 0.2) is 35.6 Å². The van der Waals surface area contributed by atoms with Crippen LogP contribution in [0.2, 0.25) is 0 Å². The molecule has 12 heteroatoms. The van der Waals surface area contributed by atoms with Gasteiger partial charge in [0, 0.05) is 24.3 Å². The third-order valence-electron chi connectivity index (χ3n) is 7.38. The lowest BCUT2D eigenvalue weighted by molar-refractivity contribution is -0.168. The van der Waals surface area contributed by atoms with Crippen molar-refractivity contribution < 1.29 is 23.8 Å². The molecule has 0 bridgehead atoms. The van der Waals surface area contributed by atoms with Crippen molar-refractivity contribution in [1.82, 2.24) is 24.4 Å². The number of hydrogen-bond acceptors (Lipinski definition) is 8. The van der Waals surface area contributed by atoms with E-state index >= 15 is 0 Å². The lowest BCUT2D eigenvalue weighted by atomic mass is 10.1. The van der Waals surface area contributed by atoms with Crippen LogP contribution in [0.1, 0.15) is 30.9 Å². The number of imidazole rings is 1. The molecular weight excluding hydrogens is 514 g/mol. The van der Waals surface area contributed by atoms with E-state index in [4.69, 9.17) is 14.2 Å². The SMILES string of the molecule is O=C(Nc1ccccc1)Nc1ncnc2c1ncn2C1OC(C(=O)N2CCCC2)C2OC(c3ccccc3)OC21. The number of benzene rings is 2. The number of nitrogens with one attached hydrogen (secondary N) is 2. The Morgan fingerprint density at radius 2 is 1.55 bits per heavy atom. The predicted molar refractivity (Wildman–Crippen MR) is 143 cm³/mol. The number of aromatic nitrogens is 4. The lowest BCUT2D eigenvalue weighted by Crippen LogP contribution is -2.43. The van der Waals surface area contributed by atoms with Crippen molar-refractivity contribution in [3.8, 4) is 0 Å². The van der Waals surface area contributed by atoms with E-state index in [0.29, 0.717) is 29.9 Å². The van der Waals surface area contributed by atoms with Crippen LogP contribution in [0, 0.1) is 0 Å². The van der Waals surface area contributed by atoms with Gasteiger partial charge in [-0.15, -0.1) is 0 Å². The van der Waals surface area contributed by atoms with E-state index < -0.39 is 36.9 Å². The molecule has 0 spiro atoms. The van der Waals surface area contributed by atoms with Crippen LogP contribution in [-0.4, -0.2) is 67.8 Å². The van der Waals surface area contributed by atoms with E-state index in [1.54, 1.807) is 23.0 Å². The van der Waals surface area contributed by atoms with Gasteiger partial charge in [0.1, 0.15) is 18.5 Å². The molecule has 3 fully saturated rings. The second-order valence-corrected chi connectivity index (χ2v) is 9.92. The molecule has 0 radical (unpaired) electrons. The summed E-state index contributed by atoms with van der Waals surface area (Å²) in [6.07, 6.45) is 1.42. The summed E-state index contributed by atoms with van der Waals surface area (Å²) in [5.74, 6) is 0.133. The van der Waals surface area contributed by atoms with Crippen LogP contribution >= 0.6 is 0 Å². The number of rotatable bonds is 5. The molecule has 0 aliphatic carbocycles. The Morgan fingerprint density at radius 3 is 2.33 bits per heavy atom. The fourth-order valence-electron chi connectivity index (χ4n) is 5.48. The standard InChI is InChI=1S/C28H27N7O5/c36-25(34-13-7-8-14-34)21-20-22(40-27(39-20)17-9-3-1-4-10-17)26(38-21)35-16-31-19-23(29-15-30-24(19)35)33-28(37)32-18-11-5-2-6-12-18/h1-6,9-12,15-16,20-22,26-27H,7-8,13-14H2,(H2,29,30,32,33,37). The van der Waals surface area contributed by atoms with E-state index in [2.05, 4.69) is 25.6 Å². The van der Waals surface area contributed by atoms with E-state index in [-0.39, 0.29) is 11.7 Å². The Kier molecular flexibility index (Phi) is 6.34. The van der Waals surface area contributed by atoms with E-state index in [0.717, 1.165) is 18.4 Å². The minimum Gasteiger partial charge on any atom is -0.340 e. The summed E-state index contributed by atoms with van der Waals surface area (Å²) in [5.41, 5.74) is 2.30. The molecule has 40 heavy (non-hydrogen) atoms. The fraction of sp³-hybridized carbons (Fsp3) is 0.321. The first-order valence-electron chi connectivity index (χ1n) is 13.3. The van der Waals surface area contributed by atoms with Crippen molar-refractivity contribution in [2.45, 2.75) is 43.7 Å². The van der Waals surface area contributed by atoms with Gasteiger partial charge in [-0.2, -0.15) is 0 Å². The van der Waals surface area contributed by atoms with Crippen LogP contribution in [0.5, 0.6) is 0 Å². The molecule has 204 valence electrons. The smallest absolute Gasteiger partial charge is 0.324 e. The molecule has 5 atom stereocenters.